The fourth-order valence-electron chi connectivity index (χ4n) is 1.90. The van der Waals surface area contributed by atoms with Gasteiger partial charge in [-0.1, -0.05) is 13.8 Å². The van der Waals surface area contributed by atoms with E-state index in [9.17, 15) is 4.79 Å². The molecule has 1 N–H and O–H groups in total. The summed E-state index contributed by atoms with van der Waals surface area (Å²) < 4.78 is 0. The van der Waals surface area contributed by atoms with Gasteiger partial charge in [-0.05, 0) is 25.2 Å². The lowest BCUT2D eigenvalue weighted by Gasteiger charge is -2.26. The van der Waals surface area contributed by atoms with Crippen molar-refractivity contribution in [2.24, 2.45) is 5.92 Å². The zero-order valence-corrected chi connectivity index (χ0v) is 8.26. The van der Waals surface area contributed by atoms with Gasteiger partial charge in [-0.3, -0.25) is 4.79 Å². The molecule has 1 saturated carbocycles. The number of carbonyl (C=O) groups is 1. The Morgan fingerprint density at radius 1 is 1.77 bits per heavy atom. The number of carbonyl (C=O) groups excluding carboxylic acids is 1. The fourth-order valence-corrected chi connectivity index (χ4v) is 1.90. The third-order valence-electron chi connectivity index (χ3n) is 2.93. The molecule has 72 valence electrons. The van der Waals surface area contributed by atoms with Crippen molar-refractivity contribution in [3.63, 3.8) is 0 Å². The van der Waals surface area contributed by atoms with Gasteiger partial charge in [0, 0.05) is 6.42 Å². The Labute approximate surface area is 79.1 Å². The van der Waals surface area contributed by atoms with Crippen LogP contribution in [0.15, 0.2) is 0 Å². The summed E-state index contributed by atoms with van der Waals surface area (Å²) in [6.07, 6.45) is 3.34. The normalized spacial score (nSPS) is 32.5. The van der Waals surface area contributed by atoms with E-state index in [-0.39, 0.29) is 11.8 Å². The second kappa shape index (κ2) is 3.78. The van der Waals surface area contributed by atoms with E-state index in [1.165, 1.54) is 0 Å². The zero-order valence-electron chi connectivity index (χ0n) is 8.26. The van der Waals surface area contributed by atoms with Crippen LogP contribution in [0, 0.1) is 17.2 Å². The van der Waals surface area contributed by atoms with Crippen LogP contribution in [-0.2, 0) is 4.79 Å². The molecule has 13 heavy (non-hydrogen) atoms. The Bertz CT molecular complexity index is 244. The van der Waals surface area contributed by atoms with Crippen LogP contribution in [0.2, 0.25) is 0 Å². The van der Waals surface area contributed by atoms with Crippen LogP contribution in [0.4, 0.5) is 0 Å². The Balaban J connectivity index is 2.71. The summed E-state index contributed by atoms with van der Waals surface area (Å²) in [7, 11) is 0. The van der Waals surface area contributed by atoms with E-state index in [4.69, 9.17) is 5.26 Å². The highest BCUT2D eigenvalue weighted by molar-refractivity contribution is 5.77. The fraction of sp³-hybridized carbons (Fsp3) is 0.800. The summed E-state index contributed by atoms with van der Waals surface area (Å²) in [6.45, 7) is 3.84. The van der Waals surface area contributed by atoms with Gasteiger partial charge in [0.25, 0.3) is 0 Å². The maximum atomic E-state index is 11.2. The molecule has 0 aromatic rings. The number of nitrogens with zero attached hydrogens (tertiary/aromatic N) is 1. The second-order valence-corrected chi connectivity index (χ2v) is 3.78. The average Bonchev–Trinajstić information content (AvgIpc) is 2.48. The first-order valence-electron chi connectivity index (χ1n) is 4.87. The van der Waals surface area contributed by atoms with Crippen LogP contribution in [0.3, 0.4) is 0 Å². The highest BCUT2D eigenvalue weighted by atomic mass is 16.1. The minimum Gasteiger partial charge on any atom is -0.338 e. The van der Waals surface area contributed by atoms with Crippen LogP contribution in [-0.4, -0.2) is 11.4 Å². The molecule has 0 bridgehead atoms. The quantitative estimate of drug-likeness (QED) is 0.701. The number of nitrogens with one attached hydrogen (secondary N) is 1. The van der Waals surface area contributed by atoms with Crippen molar-refractivity contribution in [1.29, 1.82) is 5.26 Å². The Kier molecular flexibility index (Phi) is 2.92. The number of hydrogen-bond acceptors (Lipinski definition) is 2. The third-order valence-corrected chi connectivity index (χ3v) is 2.93. The molecule has 1 aliphatic rings. The number of amides is 1. The van der Waals surface area contributed by atoms with Gasteiger partial charge in [0.15, 0.2) is 0 Å². The molecule has 3 heteroatoms. The van der Waals surface area contributed by atoms with Gasteiger partial charge in [0.05, 0.1) is 6.07 Å². The number of rotatable bonds is 2. The molecule has 0 radical (unpaired) electrons. The molecule has 1 aliphatic carbocycles. The van der Waals surface area contributed by atoms with Crippen LogP contribution in [0.1, 0.15) is 39.5 Å². The Hall–Kier alpha value is -1.04. The zero-order chi connectivity index (χ0) is 9.90. The third kappa shape index (κ3) is 1.82. The minimum absolute atomic E-state index is 0.0182. The first-order valence-corrected chi connectivity index (χ1v) is 4.87. The van der Waals surface area contributed by atoms with Crippen molar-refractivity contribution in [3.05, 3.63) is 0 Å². The van der Waals surface area contributed by atoms with Crippen LogP contribution in [0.5, 0.6) is 0 Å². The predicted molar refractivity (Wildman–Crippen MR) is 49.8 cm³/mol. The number of nitriles is 1. The van der Waals surface area contributed by atoms with Gasteiger partial charge in [0.2, 0.25) is 5.91 Å². The molecule has 2 unspecified atom stereocenters. The summed E-state index contributed by atoms with van der Waals surface area (Å²) in [5.41, 5.74) is -0.576. The van der Waals surface area contributed by atoms with Crippen LogP contribution in [0.25, 0.3) is 0 Å². The van der Waals surface area contributed by atoms with Crippen LogP contribution >= 0.6 is 0 Å². The first kappa shape index (κ1) is 10.0. The van der Waals surface area contributed by atoms with Gasteiger partial charge in [-0.25, -0.2) is 0 Å². The van der Waals surface area contributed by atoms with Crippen molar-refractivity contribution >= 4 is 5.91 Å². The highest BCUT2D eigenvalue weighted by Crippen LogP contribution is 2.34. The summed E-state index contributed by atoms with van der Waals surface area (Å²) in [5, 5.41) is 11.9. The van der Waals surface area contributed by atoms with Gasteiger partial charge in [-0.15, -0.1) is 0 Å². The molecule has 0 saturated heterocycles. The van der Waals surface area contributed by atoms with E-state index in [1.54, 1.807) is 6.92 Å². The molecule has 0 spiro atoms. The second-order valence-electron chi connectivity index (χ2n) is 3.78. The predicted octanol–water partition coefficient (Wildman–Crippen LogP) is 1.59. The Morgan fingerprint density at radius 2 is 2.46 bits per heavy atom. The maximum Gasteiger partial charge on any atom is 0.220 e. The topological polar surface area (TPSA) is 52.9 Å². The van der Waals surface area contributed by atoms with Gasteiger partial charge in [0.1, 0.15) is 5.54 Å². The van der Waals surface area contributed by atoms with Crippen molar-refractivity contribution in [2.75, 3.05) is 0 Å². The van der Waals surface area contributed by atoms with Gasteiger partial charge < -0.3 is 5.32 Å². The molecular weight excluding hydrogens is 164 g/mol. The van der Waals surface area contributed by atoms with Crippen molar-refractivity contribution < 1.29 is 4.79 Å². The van der Waals surface area contributed by atoms with E-state index in [1.807, 2.05) is 6.92 Å². The van der Waals surface area contributed by atoms with E-state index in [0.29, 0.717) is 6.42 Å². The van der Waals surface area contributed by atoms with Gasteiger partial charge >= 0.3 is 0 Å². The van der Waals surface area contributed by atoms with Crippen LogP contribution < -0.4 is 5.32 Å². The van der Waals surface area contributed by atoms with E-state index in [2.05, 4.69) is 11.4 Å². The SMILES string of the molecule is CCC(=O)NC1(C#N)CCCC1C. The smallest absolute Gasteiger partial charge is 0.220 e. The lowest BCUT2D eigenvalue weighted by atomic mass is 9.90. The van der Waals surface area contributed by atoms with Crippen molar-refractivity contribution in [2.45, 2.75) is 45.1 Å². The van der Waals surface area contributed by atoms with E-state index in [0.717, 1.165) is 19.3 Å². The average molecular weight is 180 g/mol. The summed E-state index contributed by atoms with van der Waals surface area (Å²) in [6, 6.07) is 2.26. The largest absolute Gasteiger partial charge is 0.338 e. The first-order chi connectivity index (χ1) is 6.14. The molecular formula is C10H16N2O. The van der Waals surface area contributed by atoms with Crippen molar-refractivity contribution in [3.8, 4) is 6.07 Å². The highest BCUT2D eigenvalue weighted by Gasteiger charge is 2.41. The molecule has 2 atom stereocenters. The molecule has 1 fully saturated rings. The minimum atomic E-state index is -0.576. The van der Waals surface area contributed by atoms with Gasteiger partial charge in [-0.2, -0.15) is 5.26 Å². The number of hydrogen-bond donors (Lipinski definition) is 1. The lowest BCUT2D eigenvalue weighted by Crippen LogP contribution is -2.49. The van der Waals surface area contributed by atoms with Crippen molar-refractivity contribution in [1.82, 2.24) is 5.32 Å². The van der Waals surface area contributed by atoms with E-state index >= 15 is 0 Å². The maximum absolute atomic E-state index is 11.2. The summed E-state index contributed by atoms with van der Waals surface area (Å²) in [4.78, 5) is 11.2. The monoisotopic (exact) mass is 180 g/mol. The summed E-state index contributed by atoms with van der Waals surface area (Å²) in [5.74, 6) is 0.267. The summed E-state index contributed by atoms with van der Waals surface area (Å²) >= 11 is 0. The molecule has 0 heterocycles. The molecule has 1 rings (SSSR count). The lowest BCUT2D eigenvalue weighted by molar-refractivity contribution is -0.122. The molecule has 0 aromatic carbocycles. The molecule has 0 aliphatic heterocycles. The molecule has 1 amide bonds. The Morgan fingerprint density at radius 3 is 2.85 bits per heavy atom. The molecule has 3 nitrogen and oxygen atoms in total. The molecule has 0 aromatic heterocycles. The van der Waals surface area contributed by atoms with E-state index < -0.39 is 5.54 Å². The standard InChI is InChI=1S/C10H16N2O/c1-3-9(13)12-10(7-11)6-4-5-8(10)2/h8H,3-6H2,1-2H3,(H,12,13).